The molecule has 0 spiro atoms. The smallest absolute Gasteiger partial charge is 0.412 e. The summed E-state index contributed by atoms with van der Waals surface area (Å²) in [5, 5.41) is 7.53. The molecule has 0 radical (unpaired) electrons. The highest BCUT2D eigenvalue weighted by Crippen LogP contribution is 2.29. The molecule has 1 aliphatic heterocycles. The van der Waals surface area contributed by atoms with Crippen LogP contribution in [-0.2, 0) is 4.74 Å². The Hall–Kier alpha value is -1.82. The molecule has 0 bridgehead atoms. The molecule has 108 valence electrons. The third-order valence-corrected chi connectivity index (χ3v) is 3.64. The average Bonchev–Trinajstić information content (AvgIpc) is 2.70. The summed E-state index contributed by atoms with van der Waals surface area (Å²) in [6.45, 7) is 8.13. The molecule has 0 aliphatic carbocycles. The summed E-state index contributed by atoms with van der Waals surface area (Å²) >= 11 is 1.46. The van der Waals surface area contributed by atoms with E-state index in [4.69, 9.17) is 4.74 Å². The van der Waals surface area contributed by atoms with Crippen LogP contribution in [0.1, 0.15) is 31.5 Å². The van der Waals surface area contributed by atoms with Gasteiger partial charge in [0.15, 0.2) is 0 Å². The minimum absolute atomic E-state index is 0.452. The van der Waals surface area contributed by atoms with Crippen molar-refractivity contribution in [3.05, 3.63) is 29.1 Å². The number of aromatic nitrogens is 1. The fraction of sp³-hybridized carbons (Fsp3) is 0.429. The van der Waals surface area contributed by atoms with Crippen molar-refractivity contribution in [2.75, 3.05) is 11.9 Å². The predicted molar refractivity (Wildman–Crippen MR) is 81.8 cm³/mol. The molecule has 20 heavy (non-hydrogen) atoms. The van der Waals surface area contributed by atoms with Crippen molar-refractivity contribution in [2.24, 2.45) is 0 Å². The zero-order chi connectivity index (χ0) is 14.8. The Morgan fingerprint density at radius 2 is 2.25 bits per heavy atom. The van der Waals surface area contributed by atoms with Crippen LogP contribution in [0.4, 0.5) is 9.80 Å². The van der Waals surface area contributed by atoms with Gasteiger partial charge in [-0.2, -0.15) is 0 Å². The van der Waals surface area contributed by atoms with E-state index in [1.807, 2.05) is 46.0 Å². The maximum absolute atomic E-state index is 11.8. The molecule has 0 unspecified atom stereocenters. The molecule has 0 saturated heterocycles. The number of carbonyl (C=O) groups is 1. The SMILES string of the molecule is Cc1nc(C2=CC=CNC2)sc1NC(=O)OC(C)(C)C. The zero-order valence-corrected chi connectivity index (χ0v) is 12.9. The molecule has 0 saturated carbocycles. The molecule has 2 N–H and O–H groups in total. The number of rotatable bonds is 2. The van der Waals surface area contributed by atoms with E-state index in [0.717, 1.165) is 27.8 Å². The molecule has 2 rings (SSSR count). The number of hydrogen-bond donors (Lipinski definition) is 2. The number of aryl methyl sites for hydroxylation is 1. The number of thiazole rings is 1. The van der Waals surface area contributed by atoms with E-state index in [9.17, 15) is 4.79 Å². The van der Waals surface area contributed by atoms with Crippen LogP contribution in [0.3, 0.4) is 0 Å². The molecule has 1 aliphatic rings. The van der Waals surface area contributed by atoms with Gasteiger partial charge in [-0.3, -0.25) is 5.32 Å². The number of ether oxygens (including phenoxy) is 1. The maximum Gasteiger partial charge on any atom is 0.412 e. The summed E-state index contributed by atoms with van der Waals surface area (Å²) in [6, 6.07) is 0. The van der Waals surface area contributed by atoms with E-state index in [0.29, 0.717) is 0 Å². The molecule has 0 fully saturated rings. The largest absolute Gasteiger partial charge is 0.444 e. The van der Waals surface area contributed by atoms with E-state index >= 15 is 0 Å². The lowest BCUT2D eigenvalue weighted by Crippen LogP contribution is -2.27. The minimum atomic E-state index is -0.508. The van der Waals surface area contributed by atoms with Crippen molar-refractivity contribution in [1.29, 1.82) is 0 Å². The third-order valence-electron chi connectivity index (χ3n) is 2.49. The molecule has 0 aromatic carbocycles. The summed E-state index contributed by atoms with van der Waals surface area (Å²) in [5.41, 5.74) is 1.40. The summed E-state index contributed by atoms with van der Waals surface area (Å²) in [7, 11) is 0. The van der Waals surface area contributed by atoms with Gasteiger partial charge in [-0.05, 0) is 40.0 Å². The van der Waals surface area contributed by atoms with Gasteiger partial charge >= 0.3 is 6.09 Å². The van der Waals surface area contributed by atoms with Crippen LogP contribution >= 0.6 is 11.3 Å². The maximum atomic E-state index is 11.8. The number of dihydropyridines is 1. The van der Waals surface area contributed by atoms with E-state index in [1.165, 1.54) is 11.3 Å². The van der Waals surface area contributed by atoms with E-state index in [1.54, 1.807) is 0 Å². The van der Waals surface area contributed by atoms with Crippen LogP contribution in [-0.4, -0.2) is 23.2 Å². The highest BCUT2D eigenvalue weighted by atomic mass is 32.1. The standard InChI is InChI=1S/C14H19N3O2S/c1-9-11(17-13(18)19-14(2,3)4)20-12(16-9)10-6-5-7-15-8-10/h5-7,15H,8H2,1-4H3,(H,17,18). The van der Waals surface area contributed by atoms with E-state index < -0.39 is 11.7 Å². The molecule has 1 aromatic heterocycles. The minimum Gasteiger partial charge on any atom is -0.444 e. The second kappa shape index (κ2) is 5.66. The van der Waals surface area contributed by atoms with Crippen LogP contribution in [0.2, 0.25) is 0 Å². The molecular weight excluding hydrogens is 274 g/mol. The number of allylic oxidation sites excluding steroid dienone is 2. The average molecular weight is 293 g/mol. The van der Waals surface area contributed by atoms with Crippen molar-refractivity contribution in [3.8, 4) is 0 Å². The second-order valence-electron chi connectivity index (χ2n) is 5.49. The van der Waals surface area contributed by atoms with Gasteiger partial charge < -0.3 is 10.1 Å². The first kappa shape index (κ1) is 14.6. The van der Waals surface area contributed by atoms with Crippen molar-refractivity contribution >= 4 is 28.0 Å². The summed E-state index contributed by atoms with van der Waals surface area (Å²) in [6.07, 6.45) is 5.40. The van der Waals surface area contributed by atoms with Crippen molar-refractivity contribution in [1.82, 2.24) is 10.3 Å². The number of nitrogens with zero attached hydrogens (tertiary/aromatic N) is 1. The van der Waals surface area contributed by atoms with Gasteiger partial charge in [-0.25, -0.2) is 9.78 Å². The number of nitrogens with one attached hydrogen (secondary N) is 2. The normalized spacial score (nSPS) is 14.5. The monoisotopic (exact) mass is 293 g/mol. The fourth-order valence-electron chi connectivity index (χ4n) is 1.65. The second-order valence-corrected chi connectivity index (χ2v) is 6.49. The topological polar surface area (TPSA) is 63.2 Å². The van der Waals surface area contributed by atoms with Gasteiger partial charge in [0.25, 0.3) is 0 Å². The molecule has 1 amide bonds. The molecular formula is C14H19N3O2S. The van der Waals surface area contributed by atoms with Crippen LogP contribution in [0.5, 0.6) is 0 Å². The Kier molecular flexibility index (Phi) is 4.13. The van der Waals surface area contributed by atoms with E-state index in [-0.39, 0.29) is 0 Å². The Bertz CT molecular complexity index is 567. The molecule has 0 atom stereocenters. The summed E-state index contributed by atoms with van der Waals surface area (Å²) in [4.78, 5) is 16.3. The summed E-state index contributed by atoms with van der Waals surface area (Å²) < 4.78 is 5.24. The third kappa shape index (κ3) is 3.84. The lowest BCUT2D eigenvalue weighted by molar-refractivity contribution is 0.0636. The quantitative estimate of drug-likeness (QED) is 0.878. The van der Waals surface area contributed by atoms with Crippen LogP contribution in [0.15, 0.2) is 18.4 Å². The Balaban J connectivity index is 2.10. The molecule has 2 heterocycles. The predicted octanol–water partition coefficient (Wildman–Crippen LogP) is 3.30. The molecule has 5 nitrogen and oxygen atoms in total. The van der Waals surface area contributed by atoms with Gasteiger partial charge in [-0.15, -0.1) is 0 Å². The van der Waals surface area contributed by atoms with Gasteiger partial charge in [-0.1, -0.05) is 17.4 Å². The van der Waals surface area contributed by atoms with Crippen LogP contribution in [0, 0.1) is 6.92 Å². The first-order chi connectivity index (χ1) is 9.35. The number of amides is 1. The lowest BCUT2D eigenvalue weighted by Gasteiger charge is -2.19. The number of hydrogen-bond acceptors (Lipinski definition) is 5. The van der Waals surface area contributed by atoms with Crippen LogP contribution < -0.4 is 10.6 Å². The lowest BCUT2D eigenvalue weighted by atomic mass is 10.2. The van der Waals surface area contributed by atoms with Crippen LogP contribution in [0.25, 0.3) is 5.57 Å². The van der Waals surface area contributed by atoms with Gasteiger partial charge in [0.05, 0.1) is 5.69 Å². The first-order valence-corrected chi connectivity index (χ1v) is 7.24. The van der Waals surface area contributed by atoms with Gasteiger partial charge in [0, 0.05) is 12.1 Å². The zero-order valence-electron chi connectivity index (χ0n) is 12.1. The fourth-order valence-corrected chi connectivity index (χ4v) is 2.63. The Morgan fingerprint density at radius 3 is 2.85 bits per heavy atom. The van der Waals surface area contributed by atoms with Crippen molar-refractivity contribution in [3.63, 3.8) is 0 Å². The van der Waals surface area contributed by atoms with E-state index in [2.05, 4.69) is 15.6 Å². The number of carbonyl (C=O) groups excluding carboxylic acids is 1. The highest BCUT2D eigenvalue weighted by Gasteiger charge is 2.19. The Morgan fingerprint density at radius 1 is 1.50 bits per heavy atom. The van der Waals surface area contributed by atoms with Gasteiger partial charge in [0.2, 0.25) is 0 Å². The number of anilines is 1. The van der Waals surface area contributed by atoms with Gasteiger partial charge in [0.1, 0.15) is 15.6 Å². The van der Waals surface area contributed by atoms with Crippen molar-refractivity contribution in [2.45, 2.75) is 33.3 Å². The molecule has 1 aromatic rings. The first-order valence-electron chi connectivity index (χ1n) is 6.42. The molecule has 6 heteroatoms. The van der Waals surface area contributed by atoms with Crippen molar-refractivity contribution < 1.29 is 9.53 Å². The Labute approximate surface area is 122 Å². The summed E-state index contributed by atoms with van der Waals surface area (Å²) in [5.74, 6) is 0. The highest BCUT2D eigenvalue weighted by molar-refractivity contribution is 7.17.